The van der Waals surface area contributed by atoms with Crippen molar-refractivity contribution in [2.45, 2.75) is 19.2 Å². The van der Waals surface area contributed by atoms with E-state index in [0.717, 1.165) is 4.90 Å². The highest BCUT2D eigenvalue weighted by Gasteiger charge is 2.29. The van der Waals surface area contributed by atoms with Crippen LogP contribution in [-0.2, 0) is 4.74 Å². The number of nitrogens with zero attached hydrogens (tertiary/aromatic N) is 1. The lowest BCUT2D eigenvalue weighted by Crippen LogP contribution is -2.40. The van der Waals surface area contributed by atoms with Crippen LogP contribution in [0.15, 0.2) is 0 Å². The maximum atomic E-state index is 11.9. The number of nitrogens with two attached hydrogens (primary N) is 1. The van der Waals surface area contributed by atoms with Crippen molar-refractivity contribution in [2.75, 3.05) is 33.3 Å². The average Bonchev–Trinajstić information content (AvgIpc) is 2.00. The van der Waals surface area contributed by atoms with Gasteiger partial charge in [-0.2, -0.15) is 13.2 Å². The molecule has 0 spiro atoms. The molecule has 1 unspecified atom stereocenters. The van der Waals surface area contributed by atoms with Gasteiger partial charge in [0.05, 0.1) is 12.6 Å². The van der Waals surface area contributed by atoms with E-state index in [9.17, 15) is 13.2 Å². The SMILES string of the molecule is CCOC(CN)CN(C)CC(F)(F)F. The van der Waals surface area contributed by atoms with Gasteiger partial charge in [0, 0.05) is 19.7 Å². The molecule has 1 atom stereocenters. The molecule has 0 aliphatic rings. The van der Waals surface area contributed by atoms with E-state index in [0.29, 0.717) is 6.61 Å². The van der Waals surface area contributed by atoms with Crippen LogP contribution >= 0.6 is 0 Å². The summed E-state index contributed by atoms with van der Waals surface area (Å²) >= 11 is 0. The van der Waals surface area contributed by atoms with Gasteiger partial charge in [-0.05, 0) is 14.0 Å². The summed E-state index contributed by atoms with van der Waals surface area (Å²) in [5, 5.41) is 0. The van der Waals surface area contributed by atoms with Gasteiger partial charge in [0.1, 0.15) is 0 Å². The number of likely N-dealkylation sites (N-methyl/N-ethyl adjacent to an activating group) is 1. The summed E-state index contributed by atoms with van der Waals surface area (Å²) in [6, 6.07) is 0. The van der Waals surface area contributed by atoms with E-state index in [1.165, 1.54) is 7.05 Å². The van der Waals surface area contributed by atoms with Crippen molar-refractivity contribution in [1.82, 2.24) is 4.90 Å². The smallest absolute Gasteiger partial charge is 0.376 e. The Morgan fingerprint density at radius 1 is 1.43 bits per heavy atom. The number of hydrogen-bond donors (Lipinski definition) is 1. The van der Waals surface area contributed by atoms with Crippen LogP contribution < -0.4 is 5.73 Å². The monoisotopic (exact) mass is 214 g/mol. The second-order valence-electron chi connectivity index (χ2n) is 3.12. The molecule has 0 aromatic carbocycles. The van der Waals surface area contributed by atoms with Gasteiger partial charge in [-0.3, -0.25) is 4.90 Å². The van der Waals surface area contributed by atoms with Crippen LogP contribution in [0.1, 0.15) is 6.92 Å². The molecule has 0 fully saturated rings. The molecule has 3 nitrogen and oxygen atoms in total. The quantitative estimate of drug-likeness (QED) is 0.712. The number of halogens is 3. The molecule has 0 rings (SSSR count). The summed E-state index contributed by atoms with van der Waals surface area (Å²) in [5.41, 5.74) is 5.34. The van der Waals surface area contributed by atoms with E-state index in [4.69, 9.17) is 10.5 Å². The zero-order chi connectivity index (χ0) is 11.2. The van der Waals surface area contributed by atoms with E-state index in [-0.39, 0.29) is 19.2 Å². The molecule has 0 aliphatic heterocycles. The van der Waals surface area contributed by atoms with Crippen LogP contribution in [0.4, 0.5) is 13.2 Å². The van der Waals surface area contributed by atoms with Crippen molar-refractivity contribution in [3.8, 4) is 0 Å². The standard InChI is InChI=1S/C8H17F3N2O/c1-3-14-7(4-12)5-13(2)6-8(9,10)11/h7H,3-6,12H2,1-2H3. The molecular formula is C8H17F3N2O. The Hall–Kier alpha value is -0.330. The minimum absolute atomic E-state index is 0.198. The zero-order valence-electron chi connectivity index (χ0n) is 8.47. The molecule has 0 amide bonds. The topological polar surface area (TPSA) is 38.5 Å². The average molecular weight is 214 g/mol. The van der Waals surface area contributed by atoms with Gasteiger partial charge in [-0.1, -0.05) is 0 Å². The van der Waals surface area contributed by atoms with Gasteiger partial charge < -0.3 is 10.5 Å². The van der Waals surface area contributed by atoms with E-state index in [2.05, 4.69) is 0 Å². The normalized spacial score (nSPS) is 14.8. The molecule has 0 aromatic heterocycles. The number of alkyl halides is 3. The fraction of sp³-hybridized carbons (Fsp3) is 1.00. The minimum atomic E-state index is -4.17. The van der Waals surface area contributed by atoms with Gasteiger partial charge in [0.15, 0.2) is 0 Å². The molecule has 6 heteroatoms. The molecule has 0 aliphatic carbocycles. The Morgan fingerprint density at radius 3 is 2.36 bits per heavy atom. The van der Waals surface area contributed by atoms with Gasteiger partial charge in [0.2, 0.25) is 0 Å². The zero-order valence-corrected chi connectivity index (χ0v) is 8.47. The molecule has 2 N–H and O–H groups in total. The molecule has 0 bridgehead atoms. The third-order valence-corrected chi connectivity index (χ3v) is 1.63. The summed E-state index contributed by atoms with van der Waals surface area (Å²) in [7, 11) is 1.40. The minimum Gasteiger partial charge on any atom is -0.376 e. The highest BCUT2D eigenvalue weighted by Crippen LogP contribution is 2.15. The van der Waals surface area contributed by atoms with Gasteiger partial charge >= 0.3 is 6.18 Å². The molecule has 0 aromatic rings. The van der Waals surface area contributed by atoms with E-state index >= 15 is 0 Å². The fourth-order valence-corrected chi connectivity index (χ4v) is 1.15. The van der Waals surface area contributed by atoms with E-state index < -0.39 is 12.7 Å². The molecular weight excluding hydrogens is 197 g/mol. The maximum absolute atomic E-state index is 11.9. The summed E-state index contributed by atoms with van der Waals surface area (Å²) in [6.45, 7) is 1.74. The van der Waals surface area contributed by atoms with Crippen molar-refractivity contribution in [2.24, 2.45) is 5.73 Å². The Labute approximate surface area is 82.0 Å². The predicted octanol–water partition coefficient (Wildman–Crippen LogP) is 0.844. The largest absolute Gasteiger partial charge is 0.401 e. The number of hydrogen-bond acceptors (Lipinski definition) is 3. The van der Waals surface area contributed by atoms with Gasteiger partial charge in [0.25, 0.3) is 0 Å². The second kappa shape index (κ2) is 6.21. The number of ether oxygens (including phenoxy) is 1. The molecule has 0 radical (unpaired) electrons. The first kappa shape index (κ1) is 13.7. The first-order valence-corrected chi connectivity index (χ1v) is 4.46. The summed E-state index contributed by atoms with van der Waals surface area (Å²) in [5.74, 6) is 0. The lowest BCUT2D eigenvalue weighted by Gasteiger charge is -2.23. The van der Waals surface area contributed by atoms with Crippen LogP contribution in [-0.4, -0.2) is 50.5 Å². The molecule has 0 saturated carbocycles. The summed E-state index contributed by atoms with van der Waals surface area (Å²) in [4.78, 5) is 1.16. The van der Waals surface area contributed by atoms with Crippen LogP contribution in [0.5, 0.6) is 0 Å². The Bertz CT molecular complexity index is 152. The van der Waals surface area contributed by atoms with E-state index in [1.807, 2.05) is 0 Å². The first-order chi connectivity index (χ1) is 6.39. The van der Waals surface area contributed by atoms with Crippen LogP contribution in [0.2, 0.25) is 0 Å². The first-order valence-electron chi connectivity index (χ1n) is 4.46. The molecule has 0 heterocycles. The maximum Gasteiger partial charge on any atom is 0.401 e. The van der Waals surface area contributed by atoms with Crippen molar-refractivity contribution in [3.05, 3.63) is 0 Å². The highest BCUT2D eigenvalue weighted by molar-refractivity contribution is 4.66. The summed E-state index contributed by atoms with van der Waals surface area (Å²) < 4.78 is 40.9. The van der Waals surface area contributed by atoms with Crippen molar-refractivity contribution in [3.63, 3.8) is 0 Å². The third kappa shape index (κ3) is 7.11. The van der Waals surface area contributed by atoms with Crippen LogP contribution in [0, 0.1) is 0 Å². The summed E-state index contributed by atoms with van der Waals surface area (Å²) in [6.07, 6.45) is -4.49. The Morgan fingerprint density at radius 2 is 2.00 bits per heavy atom. The third-order valence-electron chi connectivity index (χ3n) is 1.63. The highest BCUT2D eigenvalue weighted by atomic mass is 19.4. The van der Waals surface area contributed by atoms with Crippen molar-refractivity contribution >= 4 is 0 Å². The number of rotatable bonds is 6. The predicted molar refractivity (Wildman–Crippen MR) is 48.0 cm³/mol. The fourth-order valence-electron chi connectivity index (χ4n) is 1.15. The molecule has 14 heavy (non-hydrogen) atoms. The molecule has 0 saturated heterocycles. The van der Waals surface area contributed by atoms with Gasteiger partial charge in [-0.25, -0.2) is 0 Å². The van der Waals surface area contributed by atoms with Crippen LogP contribution in [0.3, 0.4) is 0 Å². The van der Waals surface area contributed by atoms with Crippen LogP contribution in [0.25, 0.3) is 0 Å². The van der Waals surface area contributed by atoms with Crippen molar-refractivity contribution in [1.29, 1.82) is 0 Å². The lowest BCUT2D eigenvalue weighted by molar-refractivity contribution is -0.146. The molecule has 86 valence electrons. The lowest BCUT2D eigenvalue weighted by atomic mass is 10.3. The second-order valence-corrected chi connectivity index (χ2v) is 3.12. The van der Waals surface area contributed by atoms with E-state index in [1.54, 1.807) is 6.92 Å². The van der Waals surface area contributed by atoms with Crippen molar-refractivity contribution < 1.29 is 17.9 Å². The Kier molecular flexibility index (Phi) is 6.06. The Balaban J connectivity index is 3.84. The van der Waals surface area contributed by atoms with Gasteiger partial charge in [-0.15, -0.1) is 0 Å².